The SMILES string of the molecule is Cc1ccc(C)c(OCCCOc2ccc(/C=C3/C(=N)N4N=C(c5cccs5)SC4=NC3=O)cc2)c1. The number of benzene rings is 2. The van der Waals surface area contributed by atoms with E-state index in [-0.39, 0.29) is 11.4 Å². The van der Waals surface area contributed by atoms with Gasteiger partial charge in [0.1, 0.15) is 16.5 Å². The van der Waals surface area contributed by atoms with Crippen molar-refractivity contribution in [2.45, 2.75) is 20.3 Å². The van der Waals surface area contributed by atoms with Gasteiger partial charge in [-0.3, -0.25) is 10.2 Å². The number of amidine groups is 2. The van der Waals surface area contributed by atoms with Gasteiger partial charge in [-0.05, 0) is 78.0 Å². The third kappa shape index (κ3) is 5.27. The lowest BCUT2D eigenvalue weighted by atomic mass is 10.1. The van der Waals surface area contributed by atoms with Crippen LogP contribution < -0.4 is 9.47 Å². The number of fused-ring (bicyclic) bond motifs is 1. The van der Waals surface area contributed by atoms with Crippen LogP contribution >= 0.6 is 23.1 Å². The Labute approximate surface area is 217 Å². The van der Waals surface area contributed by atoms with Gasteiger partial charge < -0.3 is 9.47 Å². The van der Waals surface area contributed by atoms with Crippen LogP contribution in [0.2, 0.25) is 0 Å². The largest absolute Gasteiger partial charge is 0.493 e. The lowest BCUT2D eigenvalue weighted by Crippen LogP contribution is -2.35. The maximum atomic E-state index is 12.6. The number of thiophene rings is 1. The van der Waals surface area contributed by atoms with Gasteiger partial charge in [-0.15, -0.1) is 11.3 Å². The molecule has 9 heteroatoms. The summed E-state index contributed by atoms with van der Waals surface area (Å²) in [7, 11) is 0. The van der Waals surface area contributed by atoms with Gasteiger partial charge in [0, 0.05) is 6.42 Å². The molecule has 36 heavy (non-hydrogen) atoms. The number of rotatable bonds is 8. The highest BCUT2D eigenvalue weighted by Gasteiger charge is 2.36. The Kier molecular flexibility index (Phi) is 7.02. The van der Waals surface area contributed by atoms with Crippen molar-refractivity contribution in [3.8, 4) is 11.5 Å². The van der Waals surface area contributed by atoms with Crippen molar-refractivity contribution in [3.05, 3.63) is 87.1 Å². The smallest absolute Gasteiger partial charge is 0.283 e. The number of hydrazone groups is 1. The van der Waals surface area contributed by atoms with E-state index in [2.05, 4.69) is 22.2 Å². The molecule has 3 aromatic rings. The highest BCUT2D eigenvalue weighted by molar-refractivity contribution is 8.27. The van der Waals surface area contributed by atoms with Crippen molar-refractivity contribution in [1.29, 1.82) is 5.41 Å². The van der Waals surface area contributed by atoms with E-state index in [1.54, 1.807) is 17.4 Å². The van der Waals surface area contributed by atoms with Crippen LogP contribution in [-0.2, 0) is 4.79 Å². The number of nitrogens with one attached hydrogen (secondary N) is 1. The quantitative estimate of drug-likeness (QED) is 0.298. The molecular formula is C27H24N4O3S2. The molecule has 0 bridgehead atoms. The van der Waals surface area contributed by atoms with Crippen LogP contribution in [0, 0.1) is 19.3 Å². The second kappa shape index (κ2) is 10.5. The van der Waals surface area contributed by atoms with Gasteiger partial charge in [-0.2, -0.15) is 15.1 Å². The summed E-state index contributed by atoms with van der Waals surface area (Å²) < 4.78 is 11.7. The van der Waals surface area contributed by atoms with Gasteiger partial charge in [0.25, 0.3) is 5.91 Å². The number of ether oxygens (including phenoxy) is 2. The number of aliphatic imine (C=N–C) groups is 1. The molecule has 182 valence electrons. The van der Waals surface area contributed by atoms with E-state index in [0.29, 0.717) is 18.4 Å². The third-order valence-electron chi connectivity index (χ3n) is 5.54. The van der Waals surface area contributed by atoms with E-state index in [0.717, 1.165) is 39.0 Å². The Morgan fingerprint density at radius 2 is 1.86 bits per heavy atom. The molecule has 0 saturated heterocycles. The van der Waals surface area contributed by atoms with Crippen molar-refractivity contribution in [1.82, 2.24) is 5.01 Å². The predicted octanol–water partition coefficient (Wildman–Crippen LogP) is 5.88. The number of hydrogen-bond acceptors (Lipinski definition) is 7. The number of amides is 1. The lowest BCUT2D eigenvalue weighted by Gasteiger charge is -2.20. The molecule has 2 aliphatic rings. The van der Waals surface area contributed by atoms with Gasteiger partial charge in [0.15, 0.2) is 5.84 Å². The van der Waals surface area contributed by atoms with Crippen LogP contribution in [0.5, 0.6) is 11.5 Å². The van der Waals surface area contributed by atoms with E-state index in [1.807, 2.05) is 61.7 Å². The van der Waals surface area contributed by atoms with E-state index in [9.17, 15) is 4.79 Å². The zero-order chi connectivity index (χ0) is 25.1. The minimum Gasteiger partial charge on any atom is -0.493 e. The Hall–Kier alpha value is -3.69. The molecule has 2 aromatic carbocycles. The van der Waals surface area contributed by atoms with E-state index >= 15 is 0 Å². The maximum Gasteiger partial charge on any atom is 0.283 e. The molecule has 5 rings (SSSR count). The number of carbonyl (C=O) groups is 1. The summed E-state index contributed by atoms with van der Waals surface area (Å²) in [6.45, 7) is 5.19. The summed E-state index contributed by atoms with van der Waals surface area (Å²) in [6.07, 6.45) is 2.42. The van der Waals surface area contributed by atoms with Gasteiger partial charge in [0.2, 0.25) is 5.17 Å². The molecule has 2 aliphatic heterocycles. The minimum atomic E-state index is -0.439. The Morgan fingerprint density at radius 1 is 1.06 bits per heavy atom. The Morgan fingerprint density at radius 3 is 2.64 bits per heavy atom. The van der Waals surface area contributed by atoms with Crippen LogP contribution in [0.3, 0.4) is 0 Å². The number of nitrogens with zero attached hydrogens (tertiary/aromatic N) is 3. The third-order valence-corrected chi connectivity index (χ3v) is 7.48. The molecule has 7 nitrogen and oxygen atoms in total. The molecule has 0 atom stereocenters. The molecule has 0 saturated carbocycles. The monoisotopic (exact) mass is 516 g/mol. The number of hydrogen-bond donors (Lipinski definition) is 1. The van der Waals surface area contributed by atoms with Gasteiger partial charge in [-0.1, -0.05) is 30.3 Å². The van der Waals surface area contributed by atoms with E-state index < -0.39 is 5.91 Å². The fourth-order valence-corrected chi connectivity index (χ4v) is 5.30. The summed E-state index contributed by atoms with van der Waals surface area (Å²) in [4.78, 5) is 17.8. The van der Waals surface area contributed by atoms with Crippen LogP contribution in [0.4, 0.5) is 0 Å². The molecule has 0 fully saturated rings. The van der Waals surface area contributed by atoms with E-state index in [4.69, 9.17) is 14.9 Å². The second-order valence-corrected chi connectivity index (χ2v) is 10.2. The van der Waals surface area contributed by atoms with Crippen molar-refractivity contribution in [2.75, 3.05) is 13.2 Å². The molecule has 1 N–H and O–H groups in total. The molecule has 3 heterocycles. The fourth-order valence-electron chi connectivity index (χ4n) is 3.61. The van der Waals surface area contributed by atoms with Crippen molar-refractivity contribution < 1.29 is 14.3 Å². The topological polar surface area (TPSA) is 87.3 Å². The molecule has 1 aromatic heterocycles. The summed E-state index contributed by atoms with van der Waals surface area (Å²) >= 11 is 2.86. The highest BCUT2D eigenvalue weighted by atomic mass is 32.2. The molecule has 0 spiro atoms. The normalized spacial score (nSPS) is 16.2. The molecule has 0 aliphatic carbocycles. The fraction of sp³-hybridized carbons (Fsp3) is 0.185. The van der Waals surface area contributed by atoms with Crippen LogP contribution in [0.15, 0.2) is 75.6 Å². The first-order chi connectivity index (χ1) is 17.5. The van der Waals surface area contributed by atoms with Crippen LogP contribution in [0.1, 0.15) is 28.0 Å². The Bertz CT molecular complexity index is 1390. The molecule has 0 radical (unpaired) electrons. The van der Waals surface area contributed by atoms with Gasteiger partial charge in [-0.25, -0.2) is 0 Å². The van der Waals surface area contributed by atoms with Crippen LogP contribution in [-0.4, -0.2) is 40.2 Å². The minimum absolute atomic E-state index is 0.0215. The maximum absolute atomic E-state index is 12.6. The number of carbonyl (C=O) groups excluding carboxylic acids is 1. The van der Waals surface area contributed by atoms with Gasteiger partial charge >= 0.3 is 0 Å². The standard InChI is InChI=1S/C27H24N4O3S2/c1-17-6-7-18(2)22(15-17)34-13-4-12-33-20-10-8-19(9-11-20)16-21-24(28)31-27(29-25(21)32)36-26(30-31)23-5-3-14-35-23/h3,5-11,14-16,28H,4,12-13H2,1-2H3/b21-16-,28-24?. The summed E-state index contributed by atoms with van der Waals surface area (Å²) in [5.41, 5.74) is 3.28. The first kappa shape index (κ1) is 24.0. The first-order valence-corrected chi connectivity index (χ1v) is 13.1. The molecule has 0 unspecified atom stereocenters. The average molecular weight is 517 g/mol. The number of aryl methyl sites for hydroxylation is 2. The summed E-state index contributed by atoms with van der Waals surface area (Å²) in [5.74, 6) is 1.22. The second-order valence-electron chi connectivity index (χ2n) is 8.29. The predicted molar refractivity (Wildman–Crippen MR) is 146 cm³/mol. The zero-order valence-electron chi connectivity index (χ0n) is 19.9. The Balaban J connectivity index is 1.17. The molecule has 1 amide bonds. The zero-order valence-corrected chi connectivity index (χ0v) is 21.5. The lowest BCUT2D eigenvalue weighted by molar-refractivity contribution is -0.114. The average Bonchev–Trinajstić information content (AvgIpc) is 3.55. The first-order valence-electron chi connectivity index (χ1n) is 11.4. The van der Waals surface area contributed by atoms with Crippen molar-refractivity contribution in [2.24, 2.45) is 10.1 Å². The molecular weight excluding hydrogens is 492 g/mol. The van der Waals surface area contributed by atoms with E-state index in [1.165, 1.54) is 22.3 Å². The van der Waals surface area contributed by atoms with Crippen molar-refractivity contribution in [3.63, 3.8) is 0 Å². The van der Waals surface area contributed by atoms with Crippen LogP contribution in [0.25, 0.3) is 6.08 Å². The number of thioether (sulfide) groups is 1. The highest BCUT2D eigenvalue weighted by Crippen LogP contribution is 2.32. The van der Waals surface area contributed by atoms with Gasteiger partial charge in [0.05, 0.1) is 23.7 Å². The van der Waals surface area contributed by atoms with Crippen molar-refractivity contribution >= 4 is 51.1 Å². The summed E-state index contributed by atoms with van der Waals surface area (Å²) in [6, 6.07) is 17.5. The summed E-state index contributed by atoms with van der Waals surface area (Å²) in [5, 5.41) is 17.6.